The first kappa shape index (κ1) is 19.2. The topological polar surface area (TPSA) is 86.5 Å². The fourth-order valence-electron chi connectivity index (χ4n) is 3.09. The highest BCUT2D eigenvalue weighted by Gasteiger charge is 2.31. The number of amidine groups is 1. The minimum Gasteiger partial charge on any atom is -0.510 e. The lowest BCUT2D eigenvalue weighted by molar-refractivity contribution is 0.0601. The highest BCUT2D eigenvalue weighted by Crippen LogP contribution is 2.34. The molecule has 4 rings (SSSR count). The van der Waals surface area contributed by atoms with Gasteiger partial charge in [-0.05, 0) is 30.3 Å². The second kappa shape index (κ2) is 7.69. The number of carbonyl (C=O) groups is 1. The van der Waals surface area contributed by atoms with E-state index in [0.29, 0.717) is 26.9 Å². The van der Waals surface area contributed by atoms with Crippen LogP contribution in [0.4, 0.5) is 5.69 Å². The van der Waals surface area contributed by atoms with Crippen molar-refractivity contribution in [2.75, 3.05) is 18.6 Å². The fraction of sp³-hybridized carbons (Fsp3) is 0.0952. The van der Waals surface area contributed by atoms with Crippen LogP contribution in [0.5, 0.6) is 0 Å². The molecule has 0 saturated carbocycles. The van der Waals surface area contributed by atoms with Crippen LogP contribution in [-0.4, -0.2) is 35.5 Å². The lowest BCUT2D eigenvalue weighted by Crippen LogP contribution is -2.26. The first-order valence-electron chi connectivity index (χ1n) is 8.66. The molecule has 6 nitrogen and oxygen atoms in total. The molecule has 0 saturated heterocycles. The Morgan fingerprint density at radius 3 is 2.76 bits per heavy atom. The van der Waals surface area contributed by atoms with Crippen LogP contribution in [0.15, 0.2) is 59.7 Å². The van der Waals surface area contributed by atoms with Crippen molar-refractivity contribution >= 4 is 46.0 Å². The molecule has 0 amide bonds. The van der Waals surface area contributed by atoms with Gasteiger partial charge in [0, 0.05) is 21.7 Å². The van der Waals surface area contributed by atoms with Crippen LogP contribution >= 0.6 is 22.9 Å². The van der Waals surface area contributed by atoms with Crippen LogP contribution in [0, 0.1) is 5.41 Å². The summed E-state index contributed by atoms with van der Waals surface area (Å²) in [7, 11) is 1.32. The number of nitrogens with one attached hydrogen (secondary N) is 1. The molecule has 3 aromatic rings. The van der Waals surface area contributed by atoms with Crippen molar-refractivity contribution in [2.45, 2.75) is 0 Å². The Labute approximate surface area is 176 Å². The molecule has 0 bridgehead atoms. The van der Waals surface area contributed by atoms with Crippen LogP contribution in [0.1, 0.15) is 15.4 Å². The zero-order valence-electron chi connectivity index (χ0n) is 15.3. The Bertz CT molecular complexity index is 1140. The van der Waals surface area contributed by atoms with E-state index in [9.17, 15) is 9.90 Å². The van der Waals surface area contributed by atoms with E-state index in [-0.39, 0.29) is 18.1 Å². The SMILES string of the molecule is COC(=O)c1cccc(N2CC(O)=C(c3nc(-c4ccc(Cl)cc4)cs3)C2=N)c1. The highest BCUT2D eigenvalue weighted by molar-refractivity contribution is 7.11. The molecule has 146 valence electrons. The van der Waals surface area contributed by atoms with Gasteiger partial charge in [0.25, 0.3) is 0 Å². The third-order valence-electron chi connectivity index (χ3n) is 4.54. The summed E-state index contributed by atoms with van der Waals surface area (Å²) in [6, 6.07) is 14.1. The van der Waals surface area contributed by atoms with E-state index < -0.39 is 5.97 Å². The lowest BCUT2D eigenvalue weighted by Gasteiger charge is -2.19. The number of halogens is 1. The first-order valence-corrected chi connectivity index (χ1v) is 9.92. The highest BCUT2D eigenvalue weighted by atomic mass is 35.5. The quantitative estimate of drug-likeness (QED) is 0.573. The number of hydrogen-bond acceptors (Lipinski definition) is 6. The molecule has 1 aliphatic heterocycles. The minimum absolute atomic E-state index is 0.0653. The Morgan fingerprint density at radius 1 is 1.28 bits per heavy atom. The Balaban J connectivity index is 1.62. The molecule has 0 aliphatic carbocycles. The molecule has 0 atom stereocenters. The van der Waals surface area contributed by atoms with E-state index in [1.54, 1.807) is 41.3 Å². The molecule has 29 heavy (non-hydrogen) atoms. The van der Waals surface area contributed by atoms with Crippen LogP contribution in [0.2, 0.25) is 5.02 Å². The van der Waals surface area contributed by atoms with Gasteiger partial charge in [0.05, 0.1) is 30.5 Å². The van der Waals surface area contributed by atoms with Crippen molar-refractivity contribution < 1.29 is 14.6 Å². The summed E-state index contributed by atoms with van der Waals surface area (Å²) in [5, 5.41) is 22.2. The maximum atomic E-state index is 11.8. The van der Waals surface area contributed by atoms with Crippen molar-refractivity contribution in [3.05, 3.63) is 75.3 Å². The largest absolute Gasteiger partial charge is 0.510 e. The monoisotopic (exact) mass is 425 g/mol. The molecule has 0 spiro atoms. The average molecular weight is 426 g/mol. The number of anilines is 1. The number of aliphatic hydroxyl groups is 1. The molecular formula is C21H16ClN3O3S. The smallest absolute Gasteiger partial charge is 0.337 e. The van der Waals surface area contributed by atoms with Gasteiger partial charge in [0.15, 0.2) is 0 Å². The molecule has 2 heterocycles. The Hall–Kier alpha value is -3.16. The molecule has 1 aromatic heterocycles. The van der Waals surface area contributed by atoms with Gasteiger partial charge in [0.1, 0.15) is 16.6 Å². The number of hydrogen-bond donors (Lipinski definition) is 2. The number of nitrogens with zero attached hydrogens (tertiary/aromatic N) is 2. The van der Waals surface area contributed by atoms with Crippen LogP contribution in [-0.2, 0) is 4.74 Å². The van der Waals surface area contributed by atoms with Gasteiger partial charge in [-0.2, -0.15) is 0 Å². The summed E-state index contributed by atoms with van der Waals surface area (Å²) < 4.78 is 4.76. The van der Waals surface area contributed by atoms with Crippen LogP contribution in [0.25, 0.3) is 16.8 Å². The number of rotatable bonds is 4. The molecule has 0 fully saturated rings. The van der Waals surface area contributed by atoms with E-state index in [0.717, 1.165) is 11.3 Å². The minimum atomic E-state index is -0.456. The van der Waals surface area contributed by atoms with Crippen molar-refractivity contribution in [2.24, 2.45) is 0 Å². The maximum absolute atomic E-state index is 11.8. The summed E-state index contributed by atoms with van der Waals surface area (Å²) in [6.07, 6.45) is 0. The maximum Gasteiger partial charge on any atom is 0.337 e. The van der Waals surface area contributed by atoms with Crippen molar-refractivity contribution in [3.63, 3.8) is 0 Å². The summed E-state index contributed by atoms with van der Waals surface area (Å²) in [6.45, 7) is 0.134. The standard InChI is InChI=1S/C21H16ClN3O3S/c1-28-21(27)13-3-2-4-15(9-13)25-10-17(26)18(19(25)23)20-24-16(11-29-20)12-5-7-14(22)8-6-12/h2-9,11,23,26H,10H2,1H3. The van der Waals surface area contributed by atoms with E-state index in [1.165, 1.54) is 18.4 Å². The number of carbonyl (C=O) groups excluding carboxylic acids is 1. The lowest BCUT2D eigenvalue weighted by atomic mass is 10.2. The Morgan fingerprint density at radius 2 is 2.03 bits per heavy atom. The number of benzene rings is 2. The summed E-state index contributed by atoms with van der Waals surface area (Å²) in [4.78, 5) is 18.0. The number of methoxy groups -OCH3 is 1. The second-order valence-corrected chi connectivity index (χ2v) is 7.64. The van der Waals surface area contributed by atoms with Gasteiger partial charge in [-0.15, -0.1) is 11.3 Å². The number of aromatic nitrogens is 1. The zero-order chi connectivity index (χ0) is 20.5. The second-order valence-electron chi connectivity index (χ2n) is 6.34. The van der Waals surface area contributed by atoms with E-state index in [2.05, 4.69) is 4.98 Å². The predicted octanol–water partition coefficient (Wildman–Crippen LogP) is 5.02. The summed E-state index contributed by atoms with van der Waals surface area (Å²) in [5.41, 5.74) is 3.04. The van der Waals surface area contributed by atoms with Crippen LogP contribution in [0.3, 0.4) is 0 Å². The van der Waals surface area contributed by atoms with Gasteiger partial charge >= 0.3 is 5.97 Å². The van der Waals surface area contributed by atoms with Crippen molar-refractivity contribution in [1.82, 2.24) is 4.98 Å². The molecule has 2 N–H and O–H groups in total. The average Bonchev–Trinajstić information content (AvgIpc) is 3.32. The van der Waals surface area contributed by atoms with E-state index in [4.69, 9.17) is 21.7 Å². The third-order valence-corrected chi connectivity index (χ3v) is 5.65. The molecule has 0 radical (unpaired) electrons. The van der Waals surface area contributed by atoms with E-state index in [1.807, 2.05) is 17.5 Å². The van der Waals surface area contributed by atoms with Crippen molar-refractivity contribution in [1.29, 1.82) is 5.41 Å². The number of thiazole rings is 1. The van der Waals surface area contributed by atoms with Gasteiger partial charge < -0.3 is 14.7 Å². The normalized spacial score (nSPS) is 13.9. The van der Waals surface area contributed by atoms with Crippen LogP contribution < -0.4 is 4.90 Å². The summed E-state index contributed by atoms with van der Waals surface area (Å²) >= 11 is 7.30. The molecular weight excluding hydrogens is 410 g/mol. The van der Waals surface area contributed by atoms with Gasteiger partial charge in [-0.25, -0.2) is 9.78 Å². The van der Waals surface area contributed by atoms with Gasteiger partial charge in [-0.3, -0.25) is 5.41 Å². The number of esters is 1. The predicted molar refractivity (Wildman–Crippen MR) is 115 cm³/mol. The number of ether oxygens (including phenoxy) is 1. The van der Waals surface area contributed by atoms with Gasteiger partial charge in [-0.1, -0.05) is 29.8 Å². The molecule has 0 unspecified atom stereocenters. The number of aliphatic hydroxyl groups excluding tert-OH is 1. The van der Waals surface area contributed by atoms with Crippen molar-refractivity contribution in [3.8, 4) is 11.3 Å². The third kappa shape index (κ3) is 3.62. The molecule has 2 aromatic carbocycles. The zero-order valence-corrected chi connectivity index (χ0v) is 16.9. The van der Waals surface area contributed by atoms with E-state index >= 15 is 0 Å². The summed E-state index contributed by atoms with van der Waals surface area (Å²) in [5.74, 6) is -0.264. The molecule has 1 aliphatic rings. The Kier molecular flexibility index (Phi) is 5.08. The van der Waals surface area contributed by atoms with Gasteiger partial charge in [0.2, 0.25) is 0 Å². The fourth-order valence-corrected chi connectivity index (χ4v) is 4.11. The first-order chi connectivity index (χ1) is 14.0. The molecule has 8 heteroatoms.